The second-order valence-electron chi connectivity index (χ2n) is 5.50. The number of hydrogen-bond donors (Lipinski definition) is 3. The summed E-state index contributed by atoms with van der Waals surface area (Å²) in [5.74, 6) is 0.829. The van der Waals surface area contributed by atoms with Crippen molar-refractivity contribution in [1.82, 2.24) is 0 Å². The highest BCUT2D eigenvalue weighted by atomic mass is 32.2. The lowest BCUT2D eigenvalue weighted by molar-refractivity contribution is 0.333. The van der Waals surface area contributed by atoms with Crippen molar-refractivity contribution in [1.29, 1.82) is 0 Å². The third-order valence-electron chi connectivity index (χ3n) is 3.89. The van der Waals surface area contributed by atoms with E-state index in [2.05, 4.69) is 34.3 Å². The van der Waals surface area contributed by atoms with Crippen LogP contribution in [0.15, 0.2) is 53.4 Å². The molecular weight excluding hydrogens is 278 g/mol. The zero-order chi connectivity index (χ0) is 14.5. The minimum absolute atomic E-state index is 0.799. The van der Waals surface area contributed by atoms with Crippen molar-refractivity contribution in [2.45, 2.75) is 24.2 Å². The summed E-state index contributed by atoms with van der Waals surface area (Å²) in [5.41, 5.74) is 8.99. The van der Waals surface area contributed by atoms with Crippen molar-refractivity contribution in [3.63, 3.8) is 0 Å². The summed E-state index contributed by atoms with van der Waals surface area (Å²) in [6, 6.07) is 16.4. The lowest BCUT2D eigenvalue weighted by atomic mass is 9.85. The van der Waals surface area contributed by atoms with E-state index >= 15 is 0 Å². The van der Waals surface area contributed by atoms with Crippen molar-refractivity contribution in [3.05, 3.63) is 48.5 Å². The van der Waals surface area contributed by atoms with E-state index in [1.165, 1.54) is 24.2 Å². The van der Waals surface area contributed by atoms with Crippen LogP contribution in [0.3, 0.4) is 0 Å². The summed E-state index contributed by atoms with van der Waals surface area (Å²) in [6.07, 6.45) is 4.07. The molecule has 0 aliphatic heterocycles. The van der Waals surface area contributed by atoms with Gasteiger partial charge in [0.15, 0.2) is 0 Å². The maximum atomic E-state index is 6.12. The first-order chi connectivity index (χ1) is 10.3. The molecule has 3 rings (SSSR count). The van der Waals surface area contributed by atoms with Gasteiger partial charge in [-0.15, -0.1) is 0 Å². The van der Waals surface area contributed by atoms with E-state index in [-0.39, 0.29) is 0 Å². The number of nitrogens with two attached hydrogens (primary N) is 1. The number of hydrogen-bond acceptors (Lipinski definition) is 4. The van der Waals surface area contributed by atoms with Crippen LogP contribution < -0.4 is 15.8 Å². The Morgan fingerprint density at radius 2 is 1.90 bits per heavy atom. The molecule has 21 heavy (non-hydrogen) atoms. The molecular formula is C17H21N3S. The van der Waals surface area contributed by atoms with Crippen molar-refractivity contribution >= 4 is 29.0 Å². The summed E-state index contributed by atoms with van der Waals surface area (Å²) in [6.45, 7) is 1.04. The van der Waals surface area contributed by atoms with Gasteiger partial charge in [0, 0.05) is 17.1 Å². The molecule has 0 unspecified atom stereocenters. The molecule has 1 aliphatic carbocycles. The van der Waals surface area contributed by atoms with Crippen molar-refractivity contribution in [2.75, 3.05) is 22.3 Å². The van der Waals surface area contributed by atoms with E-state index in [0.717, 1.165) is 29.5 Å². The fourth-order valence-electron chi connectivity index (χ4n) is 2.34. The SMILES string of the molecule is Nc1cc(NSc2ccccc2)ccc1NCC1CCC1. The van der Waals surface area contributed by atoms with Crippen molar-refractivity contribution < 1.29 is 0 Å². The predicted octanol–water partition coefficient (Wildman–Crippen LogP) is 4.60. The smallest absolute Gasteiger partial charge is 0.0575 e. The van der Waals surface area contributed by atoms with Gasteiger partial charge in [-0.2, -0.15) is 0 Å². The Morgan fingerprint density at radius 1 is 1.10 bits per heavy atom. The van der Waals surface area contributed by atoms with Crippen LogP contribution in [0.1, 0.15) is 19.3 Å². The van der Waals surface area contributed by atoms with E-state index in [0.29, 0.717) is 0 Å². The first kappa shape index (κ1) is 14.1. The number of benzene rings is 2. The Kier molecular flexibility index (Phi) is 4.55. The minimum atomic E-state index is 0.799. The third kappa shape index (κ3) is 3.85. The molecule has 0 heterocycles. The average molecular weight is 299 g/mol. The second kappa shape index (κ2) is 6.76. The molecule has 0 amide bonds. The van der Waals surface area contributed by atoms with E-state index in [9.17, 15) is 0 Å². The van der Waals surface area contributed by atoms with E-state index < -0.39 is 0 Å². The molecule has 0 bridgehead atoms. The first-order valence-corrected chi connectivity index (χ1v) is 8.24. The molecule has 0 radical (unpaired) electrons. The van der Waals surface area contributed by atoms with Gasteiger partial charge in [-0.25, -0.2) is 0 Å². The molecule has 0 atom stereocenters. The fourth-order valence-corrected chi connectivity index (χ4v) is 3.00. The van der Waals surface area contributed by atoms with E-state index in [4.69, 9.17) is 5.73 Å². The van der Waals surface area contributed by atoms with Gasteiger partial charge in [0.1, 0.15) is 0 Å². The highest BCUT2D eigenvalue weighted by Gasteiger charge is 2.16. The average Bonchev–Trinajstić information content (AvgIpc) is 2.46. The second-order valence-corrected chi connectivity index (χ2v) is 6.38. The van der Waals surface area contributed by atoms with E-state index in [1.54, 1.807) is 11.9 Å². The molecule has 0 aromatic heterocycles. The Bertz CT molecular complexity index is 582. The molecule has 2 aromatic rings. The summed E-state index contributed by atoms with van der Waals surface area (Å²) in [4.78, 5) is 1.18. The third-order valence-corrected chi connectivity index (χ3v) is 4.73. The van der Waals surface area contributed by atoms with Crippen LogP contribution in [0, 0.1) is 5.92 Å². The number of nitrogen functional groups attached to an aromatic ring is 1. The monoisotopic (exact) mass is 299 g/mol. The summed E-state index contributed by atoms with van der Waals surface area (Å²) in [5, 5.41) is 3.46. The van der Waals surface area contributed by atoms with Gasteiger partial charge in [0.2, 0.25) is 0 Å². The molecule has 1 fully saturated rings. The maximum Gasteiger partial charge on any atom is 0.0575 e. The molecule has 2 aromatic carbocycles. The van der Waals surface area contributed by atoms with E-state index in [1.807, 2.05) is 24.3 Å². The highest BCUT2D eigenvalue weighted by Crippen LogP contribution is 2.29. The van der Waals surface area contributed by atoms with Crippen molar-refractivity contribution in [3.8, 4) is 0 Å². The first-order valence-electron chi connectivity index (χ1n) is 7.42. The number of nitrogens with one attached hydrogen (secondary N) is 2. The predicted molar refractivity (Wildman–Crippen MR) is 92.6 cm³/mol. The van der Waals surface area contributed by atoms with Crippen LogP contribution in [0.2, 0.25) is 0 Å². The van der Waals surface area contributed by atoms with Gasteiger partial charge in [0.25, 0.3) is 0 Å². The van der Waals surface area contributed by atoms with Gasteiger partial charge >= 0.3 is 0 Å². The lowest BCUT2D eigenvalue weighted by Crippen LogP contribution is -2.21. The van der Waals surface area contributed by atoms with Gasteiger partial charge in [-0.3, -0.25) is 0 Å². The molecule has 4 N–H and O–H groups in total. The largest absolute Gasteiger partial charge is 0.397 e. The molecule has 0 spiro atoms. The summed E-state index contributed by atoms with van der Waals surface area (Å²) < 4.78 is 3.33. The lowest BCUT2D eigenvalue weighted by Gasteiger charge is -2.26. The highest BCUT2D eigenvalue weighted by molar-refractivity contribution is 8.00. The standard InChI is InChI=1S/C17H21N3S/c18-16-11-14(20-21-15-7-2-1-3-8-15)9-10-17(16)19-12-13-5-4-6-13/h1-3,7-11,13,19-20H,4-6,12,18H2. The van der Waals surface area contributed by atoms with Crippen molar-refractivity contribution in [2.24, 2.45) is 5.92 Å². The molecule has 1 saturated carbocycles. The Morgan fingerprint density at radius 3 is 2.57 bits per heavy atom. The van der Waals surface area contributed by atoms with Gasteiger partial charge < -0.3 is 15.8 Å². The quantitative estimate of drug-likeness (QED) is 0.539. The molecule has 4 heteroatoms. The number of rotatable bonds is 6. The van der Waals surface area contributed by atoms with Crippen LogP contribution in [0.5, 0.6) is 0 Å². The zero-order valence-electron chi connectivity index (χ0n) is 12.0. The zero-order valence-corrected chi connectivity index (χ0v) is 12.8. The molecule has 1 aliphatic rings. The Labute approximate surface area is 130 Å². The van der Waals surface area contributed by atoms with Crippen LogP contribution in [0.4, 0.5) is 17.1 Å². The maximum absolute atomic E-state index is 6.12. The molecule has 3 nitrogen and oxygen atoms in total. The van der Waals surface area contributed by atoms with Crippen LogP contribution in [-0.2, 0) is 0 Å². The Balaban J connectivity index is 1.55. The molecule has 0 saturated heterocycles. The van der Waals surface area contributed by atoms with Crippen LogP contribution in [-0.4, -0.2) is 6.54 Å². The topological polar surface area (TPSA) is 50.1 Å². The number of anilines is 3. The Hall–Kier alpha value is -1.81. The fraction of sp³-hybridized carbons (Fsp3) is 0.294. The van der Waals surface area contributed by atoms with Crippen LogP contribution >= 0.6 is 11.9 Å². The summed E-state index contributed by atoms with van der Waals surface area (Å²) in [7, 11) is 0. The normalized spacial score (nSPS) is 14.5. The van der Waals surface area contributed by atoms with Gasteiger partial charge in [0.05, 0.1) is 11.4 Å². The molecule has 110 valence electrons. The minimum Gasteiger partial charge on any atom is -0.397 e. The van der Waals surface area contributed by atoms with Gasteiger partial charge in [-0.05, 0) is 61.0 Å². The van der Waals surface area contributed by atoms with Gasteiger partial charge in [-0.1, -0.05) is 24.6 Å². The summed E-state index contributed by atoms with van der Waals surface area (Å²) >= 11 is 1.59. The van der Waals surface area contributed by atoms with Crippen LogP contribution in [0.25, 0.3) is 0 Å².